The van der Waals surface area contributed by atoms with Gasteiger partial charge in [-0.25, -0.2) is 4.79 Å². The summed E-state index contributed by atoms with van der Waals surface area (Å²) in [5.74, 6) is -1.51. The number of nitrogens with zero attached hydrogens (tertiary/aromatic N) is 2. The number of nitrogens with one attached hydrogen (secondary N) is 1. The second-order valence-electron chi connectivity index (χ2n) is 4.65. The van der Waals surface area contributed by atoms with Gasteiger partial charge in [0.05, 0.1) is 6.20 Å². The lowest BCUT2D eigenvalue weighted by atomic mass is 10.0. The average molecular weight is 271 g/mol. The average Bonchev–Trinajstić information content (AvgIpc) is 2.95. The quantitative estimate of drug-likeness (QED) is 0.870. The van der Waals surface area contributed by atoms with E-state index in [0.29, 0.717) is 6.54 Å². The van der Waals surface area contributed by atoms with Crippen LogP contribution in [0.15, 0.2) is 30.5 Å². The molecule has 0 aliphatic carbocycles. The van der Waals surface area contributed by atoms with E-state index in [1.54, 1.807) is 4.90 Å². The molecule has 0 spiro atoms. The van der Waals surface area contributed by atoms with Crippen LogP contribution in [0.4, 0.5) is 5.69 Å². The van der Waals surface area contributed by atoms with Gasteiger partial charge in [0.25, 0.3) is 5.91 Å². The van der Waals surface area contributed by atoms with Gasteiger partial charge in [0.1, 0.15) is 11.3 Å². The number of carbonyl (C=O) groups is 2. The van der Waals surface area contributed by atoms with Crippen molar-refractivity contribution in [3.8, 4) is 0 Å². The van der Waals surface area contributed by atoms with E-state index in [4.69, 9.17) is 5.11 Å². The summed E-state index contributed by atoms with van der Waals surface area (Å²) >= 11 is 0. The molecule has 6 nitrogen and oxygen atoms in total. The van der Waals surface area contributed by atoms with Crippen molar-refractivity contribution in [2.45, 2.75) is 12.8 Å². The van der Waals surface area contributed by atoms with E-state index >= 15 is 0 Å². The van der Waals surface area contributed by atoms with Crippen molar-refractivity contribution < 1.29 is 14.7 Å². The molecule has 1 aliphatic heterocycles. The lowest BCUT2D eigenvalue weighted by molar-refractivity contribution is 0.0692. The van der Waals surface area contributed by atoms with E-state index in [0.717, 1.165) is 30.3 Å². The Balaban J connectivity index is 2.00. The van der Waals surface area contributed by atoms with E-state index in [1.807, 2.05) is 24.3 Å². The van der Waals surface area contributed by atoms with Crippen molar-refractivity contribution in [1.82, 2.24) is 10.2 Å². The maximum atomic E-state index is 12.5. The predicted octanol–water partition coefficient (Wildman–Crippen LogP) is 1.70. The fraction of sp³-hybridized carbons (Fsp3) is 0.214. The molecule has 102 valence electrons. The van der Waals surface area contributed by atoms with E-state index < -0.39 is 5.97 Å². The Morgan fingerprint density at radius 2 is 2.10 bits per heavy atom. The molecule has 3 rings (SSSR count). The third-order valence-corrected chi connectivity index (χ3v) is 3.44. The van der Waals surface area contributed by atoms with Crippen molar-refractivity contribution in [2.24, 2.45) is 0 Å². The molecule has 0 saturated carbocycles. The minimum Gasteiger partial charge on any atom is -0.478 e. The molecule has 0 radical (unpaired) electrons. The summed E-state index contributed by atoms with van der Waals surface area (Å²) < 4.78 is 0. The first-order valence-electron chi connectivity index (χ1n) is 6.35. The summed E-state index contributed by atoms with van der Waals surface area (Å²) in [5, 5.41) is 15.2. The van der Waals surface area contributed by atoms with Crippen molar-refractivity contribution in [3.63, 3.8) is 0 Å². The van der Waals surface area contributed by atoms with Gasteiger partial charge < -0.3 is 10.0 Å². The van der Waals surface area contributed by atoms with Gasteiger partial charge in [0, 0.05) is 12.2 Å². The highest BCUT2D eigenvalue weighted by Gasteiger charge is 2.27. The van der Waals surface area contributed by atoms with Gasteiger partial charge in [-0.05, 0) is 24.5 Å². The first-order valence-corrected chi connectivity index (χ1v) is 6.35. The zero-order valence-electron chi connectivity index (χ0n) is 10.7. The number of amides is 1. The number of aromatic nitrogens is 2. The number of hydrogen-bond acceptors (Lipinski definition) is 3. The maximum Gasteiger partial charge on any atom is 0.339 e. The molecule has 0 atom stereocenters. The molecule has 1 aromatic heterocycles. The number of rotatable bonds is 2. The fourth-order valence-corrected chi connectivity index (χ4v) is 2.49. The van der Waals surface area contributed by atoms with Crippen molar-refractivity contribution >= 4 is 17.6 Å². The minimum absolute atomic E-state index is 0.0224. The molecule has 0 bridgehead atoms. The number of aryl methyl sites for hydroxylation is 1. The minimum atomic E-state index is -1.16. The molecule has 1 amide bonds. The Morgan fingerprint density at radius 3 is 2.90 bits per heavy atom. The topological polar surface area (TPSA) is 86.3 Å². The van der Waals surface area contributed by atoms with Crippen LogP contribution in [-0.2, 0) is 6.42 Å². The van der Waals surface area contributed by atoms with E-state index in [-0.39, 0.29) is 17.2 Å². The fourth-order valence-electron chi connectivity index (χ4n) is 2.49. The highest BCUT2D eigenvalue weighted by atomic mass is 16.4. The first-order chi connectivity index (χ1) is 9.68. The van der Waals surface area contributed by atoms with Crippen molar-refractivity contribution in [3.05, 3.63) is 47.3 Å². The largest absolute Gasteiger partial charge is 0.478 e. The lowest BCUT2D eigenvalue weighted by Gasteiger charge is -2.29. The van der Waals surface area contributed by atoms with Gasteiger partial charge in [-0.2, -0.15) is 5.10 Å². The molecule has 0 saturated heterocycles. The zero-order valence-corrected chi connectivity index (χ0v) is 10.7. The van der Waals surface area contributed by atoms with Crippen molar-refractivity contribution in [2.75, 3.05) is 11.4 Å². The van der Waals surface area contributed by atoms with Crippen LogP contribution in [0.5, 0.6) is 0 Å². The number of para-hydroxylation sites is 1. The van der Waals surface area contributed by atoms with Crippen LogP contribution < -0.4 is 4.90 Å². The molecule has 0 unspecified atom stereocenters. The second-order valence-corrected chi connectivity index (χ2v) is 4.65. The molecule has 0 fully saturated rings. The second kappa shape index (κ2) is 4.80. The van der Waals surface area contributed by atoms with Gasteiger partial charge in [0.2, 0.25) is 0 Å². The number of hydrogen-bond donors (Lipinski definition) is 2. The number of anilines is 1. The molecule has 1 aromatic carbocycles. The van der Waals surface area contributed by atoms with Gasteiger partial charge in [0.15, 0.2) is 0 Å². The lowest BCUT2D eigenvalue weighted by Crippen LogP contribution is -2.36. The summed E-state index contributed by atoms with van der Waals surface area (Å²) in [6, 6.07) is 7.67. The number of aromatic amines is 1. The SMILES string of the molecule is O=C(O)c1cn[nH]c1C(=O)N1CCCc2ccccc21. The summed E-state index contributed by atoms with van der Waals surface area (Å²) in [6.45, 7) is 0.577. The monoisotopic (exact) mass is 271 g/mol. The number of aromatic carboxylic acids is 1. The molecule has 2 aromatic rings. The Hall–Kier alpha value is -2.63. The molecule has 2 N–H and O–H groups in total. The van der Waals surface area contributed by atoms with Crippen LogP contribution in [0, 0.1) is 0 Å². The summed E-state index contributed by atoms with van der Waals surface area (Å²) in [4.78, 5) is 25.2. The van der Waals surface area contributed by atoms with E-state index in [2.05, 4.69) is 10.2 Å². The zero-order chi connectivity index (χ0) is 14.1. The highest BCUT2D eigenvalue weighted by Crippen LogP contribution is 2.28. The number of carbonyl (C=O) groups excluding carboxylic acids is 1. The predicted molar refractivity (Wildman–Crippen MR) is 72.0 cm³/mol. The van der Waals surface area contributed by atoms with Crippen LogP contribution in [0.2, 0.25) is 0 Å². The highest BCUT2D eigenvalue weighted by molar-refractivity contribution is 6.10. The third-order valence-electron chi connectivity index (χ3n) is 3.44. The normalized spacial score (nSPS) is 13.9. The smallest absolute Gasteiger partial charge is 0.339 e. The molecule has 1 aliphatic rings. The van der Waals surface area contributed by atoms with Crippen LogP contribution in [0.1, 0.15) is 32.8 Å². The maximum absolute atomic E-state index is 12.5. The standard InChI is InChI=1S/C14H13N3O3/c18-13(12-10(14(19)20)8-15-16-12)17-7-3-5-9-4-1-2-6-11(9)17/h1-2,4,6,8H,3,5,7H2,(H,15,16)(H,19,20). The van der Waals surface area contributed by atoms with Gasteiger partial charge >= 0.3 is 5.97 Å². The molecule has 6 heteroatoms. The van der Waals surface area contributed by atoms with Crippen LogP contribution >= 0.6 is 0 Å². The number of carboxylic acids is 1. The van der Waals surface area contributed by atoms with Gasteiger partial charge in [-0.1, -0.05) is 18.2 Å². The Bertz CT molecular complexity index is 678. The van der Waals surface area contributed by atoms with Crippen LogP contribution in [0.25, 0.3) is 0 Å². The van der Waals surface area contributed by atoms with Crippen molar-refractivity contribution in [1.29, 1.82) is 0 Å². The third kappa shape index (κ3) is 1.95. The number of carboxylic acid groups (broad SMARTS) is 1. The summed E-state index contributed by atoms with van der Waals surface area (Å²) in [5.41, 5.74) is 1.87. The Morgan fingerprint density at radius 1 is 1.30 bits per heavy atom. The first kappa shape index (κ1) is 12.4. The van der Waals surface area contributed by atoms with E-state index in [1.165, 1.54) is 0 Å². The van der Waals surface area contributed by atoms with Crippen LogP contribution in [-0.4, -0.2) is 33.7 Å². The van der Waals surface area contributed by atoms with Gasteiger partial charge in [-0.15, -0.1) is 0 Å². The molecular weight excluding hydrogens is 258 g/mol. The molecule has 2 heterocycles. The Labute approximate surface area is 115 Å². The number of benzene rings is 1. The Kier molecular flexibility index (Phi) is 2.98. The molecular formula is C14H13N3O3. The van der Waals surface area contributed by atoms with E-state index in [9.17, 15) is 9.59 Å². The summed E-state index contributed by atoms with van der Waals surface area (Å²) in [6.07, 6.45) is 2.94. The summed E-state index contributed by atoms with van der Waals surface area (Å²) in [7, 11) is 0. The molecule has 20 heavy (non-hydrogen) atoms. The number of fused-ring (bicyclic) bond motifs is 1. The number of H-pyrrole nitrogens is 1. The van der Waals surface area contributed by atoms with Gasteiger partial charge in [-0.3, -0.25) is 9.89 Å². The van der Waals surface area contributed by atoms with Crippen LogP contribution in [0.3, 0.4) is 0 Å².